The number of carbonyl (C=O) groups excluding carboxylic acids is 1. The molecule has 0 saturated carbocycles. The van der Waals surface area contributed by atoms with Gasteiger partial charge in [-0.2, -0.15) is 0 Å². The van der Waals surface area contributed by atoms with E-state index in [1.807, 2.05) is 13.8 Å². The molecule has 6 heteroatoms. The number of likely N-dealkylation sites (tertiary alicyclic amines) is 2. The van der Waals surface area contributed by atoms with Crippen LogP contribution in [-0.2, 0) is 4.79 Å². The van der Waals surface area contributed by atoms with Gasteiger partial charge in [-0.25, -0.2) is 4.79 Å². The van der Waals surface area contributed by atoms with Crippen LogP contribution in [0.5, 0.6) is 0 Å². The monoisotopic (exact) mass is 297 g/mol. The number of amides is 2. The fourth-order valence-electron chi connectivity index (χ4n) is 3.45. The summed E-state index contributed by atoms with van der Waals surface area (Å²) in [7, 11) is 2.08. The Balaban J connectivity index is 1.88. The van der Waals surface area contributed by atoms with Crippen molar-refractivity contribution in [2.45, 2.75) is 39.2 Å². The lowest BCUT2D eigenvalue weighted by Crippen LogP contribution is -2.46. The first-order valence-corrected chi connectivity index (χ1v) is 7.83. The number of carboxylic acids is 1. The van der Waals surface area contributed by atoms with Crippen molar-refractivity contribution in [3.05, 3.63) is 0 Å². The van der Waals surface area contributed by atoms with E-state index in [0.29, 0.717) is 32.1 Å². The highest BCUT2D eigenvalue weighted by atomic mass is 16.4. The molecule has 21 heavy (non-hydrogen) atoms. The molecule has 2 amide bonds. The molecule has 0 aliphatic carbocycles. The smallest absolute Gasteiger partial charge is 0.317 e. The second kappa shape index (κ2) is 6.22. The lowest BCUT2D eigenvalue weighted by molar-refractivity contribution is -0.150. The van der Waals surface area contributed by atoms with Crippen molar-refractivity contribution in [2.24, 2.45) is 11.3 Å². The van der Waals surface area contributed by atoms with Gasteiger partial charge in [0.15, 0.2) is 0 Å². The highest BCUT2D eigenvalue weighted by Crippen LogP contribution is 2.38. The predicted molar refractivity (Wildman–Crippen MR) is 80.1 cm³/mol. The minimum atomic E-state index is -0.790. The lowest BCUT2D eigenvalue weighted by Gasteiger charge is -2.29. The molecule has 2 fully saturated rings. The number of likely N-dealkylation sites (N-methyl/N-ethyl adjacent to an activating group) is 1. The summed E-state index contributed by atoms with van der Waals surface area (Å²) in [6.07, 6.45) is 2.83. The number of rotatable bonds is 4. The van der Waals surface area contributed by atoms with E-state index in [2.05, 4.69) is 17.3 Å². The summed E-state index contributed by atoms with van der Waals surface area (Å²) in [5, 5.41) is 12.5. The summed E-state index contributed by atoms with van der Waals surface area (Å²) in [4.78, 5) is 27.7. The van der Waals surface area contributed by atoms with E-state index in [1.165, 1.54) is 6.42 Å². The molecule has 2 aliphatic rings. The molecule has 2 unspecified atom stereocenters. The molecule has 2 aliphatic heterocycles. The summed E-state index contributed by atoms with van der Waals surface area (Å²) in [6, 6.07) is 0.282. The van der Waals surface area contributed by atoms with Gasteiger partial charge < -0.3 is 20.2 Å². The zero-order valence-electron chi connectivity index (χ0n) is 13.3. The first-order chi connectivity index (χ1) is 9.86. The highest BCUT2D eigenvalue weighted by Gasteiger charge is 2.48. The first-order valence-electron chi connectivity index (χ1n) is 7.83. The molecular formula is C15H27N3O3. The SMILES string of the molecule is CC(C)C1(C(=O)O)CCN(C(=O)NCC2CCCN2C)C1. The van der Waals surface area contributed by atoms with Crippen LogP contribution in [0.2, 0.25) is 0 Å². The second-order valence-electron chi connectivity index (χ2n) is 6.75. The molecule has 120 valence electrons. The van der Waals surface area contributed by atoms with Gasteiger partial charge in [0.1, 0.15) is 0 Å². The van der Waals surface area contributed by atoms with Crippen LogP contribution >= 0.6 is 0 Å². The van der Waals surface area contributed by atoms with Crippen LogP contribution in [0.1, 0.15) is 33.1 Å². The van der Waals surface area contributed by atoms with E-state index in [-0.39, 0.29) is 11.9 Å². The second-order valence-corrected chi connectivity index (χ2v) is 6.75. The van der Waals surface area contributed by atoms with E-state index in [9.17, 15) is 14.7 Å². The van der Waals surface area contributed by atoms with E-state index >= 15 is 0 Å². The summed E-state index contributed by atoms with van der Waals surface area (Å²) in [5.74, 6) is -0.767. The van der Waals surface area contributed by atoms with Gasteiger partial charge in [-0.15, -0.1) is 0 Å². The number of urea groups is 1. The Bertz CT molecular complexity index is 413. The number of carboxylic acid groups (broad SMARTS) is 1. The Morgan fingerprint density at radius 2 is 2.10 bits per heavy atom. The summed E-state index contributed by atoms with van der Waals surface area (Å²) < 4.78 is 0. The van der Waals surface area contributed by atoms with Crippen LogP contribution < -0.4 is 5.32 Å². The van der Waals surface area contributed by atoms with Crippen LogP contribution in [0.15, 0.2) is 0 Å². The van der Waals surface area contributed by atoms with Crippen molar-refractivity contribution < 1.29 is 14.7 Å². The summed E-state index contributed by atoms with van der Waals surface area (Å²) in [6.45, 7) is 6.41. The van der Waals surface area contributed by atoms with Crippen LogP contribution in [0.25, 0.3) is 0 Å². The Labute approximate surface area is 126 Å². The molecule has 2 rings (SSSR count). The number of hydrogen-bond donors (Lipinski definition) is 2. The number of carbonyl (C=O) groups is 2. The molecule has 0 bridgehead atoms. The fourth-order valence-corrected chi connectivity index (χ4v) is 3.45. The van der Waals surface area contributed by atoms with Crippen LogP contribution in [0.3, 0.4) is 0 Å². The normalized spacial score (nSPS) is 30.1. The van der Waals surface area contributed by atoms with Gasteiger partial charge in [-0.05, 0) is 38.8 Å². The van der Waals surface area contributed by atoms with Gasteiger partial charge in [-0.3, -0.25) is 4.79 Å². The average molecular weight is 297 g/mol. The Hall–Kier alpha value is -1.30. The number of nitrogens with zero attached hydrogens (tertiary/aromatic N) is 2. The molecule has 0 aromatic carbocycles. The molecule has 2 heterocycles. The van der Waals surface area contributed by atoms with Crippen molar-refractivity contribution in [3.63, 3.8) is 0 Å². The molecule has 2 saturated heterocycles. The molecule has 2 atom stereocenters. The van der Waals surface area contributed by atoms with Gasteiger partial charge in [0.2, 0.25) is 0 Å². The molecule has 0 spiro atoms. The Morgan fingerprint density at radius 1 is 1.38 bits per heavy atom. The molecule has 0 aromatic rings. The molecular weight excluding hydrogens is 270 g/mol. The maximum Gasteiger partial charge on any atom is 0.317 e. The fraction of sp³-hybridized carbons (Fsp3) is 0.867. The van der Waals surface area contributed by atoms with Gasteiger partial charge in [0.05, 0.1) is 5.41 Å². The maximum absolute atomic E-state index is 12.2. The van der Waals surface area contributed by atoms with Crippen molar-refractivity contribution >= 4 is 12.0 Å². The topological polar surface area (TPSA) is 72.9 Å². The third kappa shape index (κ3) is 3.15. The third-order valence-corrected chi connectivity index (χ3v) is 5.28. The zero-order chi connectivity index (χ0) is 15.6. The number of nitrogens with one attached hydrogen (secondary N) is 1. The third-order valence-electron chi connectivity index (χ3n) is 5.28. The molecule has 0 radical (unpaired) electrons. The van der Waals surface area contributed by atoms with Crippen LogP contribution in [0.4, 0.5) is 4.79 Å². The standard InChI is InChI=1S/C15H27N3O3/c1-11(2)15(13(19)20)6-8-18(10-15)14(21)16-9-12-5-4-7-17(12)3/h11-12H,4-10H2,1-3H3,(H,16,21)(H,19,20). The zero-order valence-corrected chi connectivity index (χ0v) is 13.3. The van der Waals surface area contributed by atoms with E-state index in [0.717, 1.165) is 13.0 Å². The van der Waals surface area contributed by atoms with E-state index in [4.69, 9.17) is 0 Å². The van der Waals surface area contributed by atoms with E-state index < -0.39 is 11.4 Å². The quantitative estimate of drug-likeness (QED) is 0.818. The maximum atomic E-state index is 12.2. The van der Waals surface area contributed by atoms with Gasteiger partial charge in [0, 0.05) is 25.7 Å². The van der Waals surface area contributed by atoms with Crippen molar-refractivity contribution in [3.8, 4) is 0 Å². The van der Waals surface area contributed by atoms with Crippen LogP contribution in [0, 0.1) is 11.3 Å². The molecule has 6 nitrogen and oxygen atoms in total. The van der Waals surface area contributed by atoms with Gasteiger partial charge in [0.25, 0.3) is 0 Å². The average Bonchev–Trinajstić information content (AvgIpc) is 3.03. The Morgan fingerprint density at radius 3 is 2.57 bits per heavy atom. The van der Waals surface area contributed by atoms with Gasteiger partial charge in [-0.1, -0.05) is 13.8 Å². The predicted octanol–water partition coefficient (Wildman–Crippen LogP) is 1.22. The minimum absolute atomic E-state index is 0.0220. The first kappa shape index (κ1) is 16.1. The summed E-state index contributed by atoms with van der Waals surface area (Å²) in [5.41, 5.74) is -0.790. The van der Waals surface area contributed by atoms with Crippen LogP contribution in [-0.4, -0.2) is 66.2 Å². The number of hydrogen-bond acceptors (Lipinski definition) is 3. The van der Waals surface area contributed by atoms with Gasteiger partial charge >= 0.3 is 12.0 Å². The minimum Gasteiger partial charge on any atom is -0.481 e. The summed E-state index contributed by atoms with van der Waals surface area (Å²) >= 11 is 0. The number of aliphatic carboxylic acids is 1. The largest absolute Gasteiger partial charge is 0.481 e. The Kier molecular flexibility index (Phi) is 4.76. The highest BCUT2D eigenvalue weighted by molar-refractivity contribution is 5.80. The van der Waals surface area contributed by atoms with Crippen molar-refractivity contribution in [1.82, 2.24) is 15.1 Å². The van der Waals surface area contributed by atoms with Crippen molar-refractivity contribution in [1.29, 1.82) is 0 Å². The molecule has 0 aromatic heterocycles. The lowest BCUT2D eigenvalue weighted by atomic mass is 9.76. The molecule has 2 N–H and O–H groups in total. The van der Waals surface area contributed by atoms with E-state index in [1.54, 1.807) is 4.90 Å². The van der Waals surface area contributed by atoms with Crippen molar-refractivity contribution in [2.75, 3.05) is 33.2 Å².